The van der Waals surface area contributed by atoms with Crippen molar-refractivity contribution in [3.63, 3.8) is 0 Å². The molecule has 41 heavy (non-hydrogen) atoms. The predicted octanol–water partition coefficient (Wildman–Crippen LogP) is 1.87. The van der Waals surface area contributed by atoms with Gasteiger partial charge in [0, 0.05) is 44.2 Å². The number of aromatic nitrogens is 3. The summed E-state index contributed by atoms with van der Waals surface area (Å²) in [6, 6.07) is 6.63. The van der Waals surface area contributed by atoms with Crippen molar-refractivity contribution in [2.45, 2.75) is 33.2 Å². The molecule has 0 spiro atoms. The standard InChI is InChI=1S/C25H30N8O6S2/c1-14-19(23(36)37)40-25(28-14)31-24-29-20(27-11-10-26-15(2)34)18-5-4-12-33(21(18)30-24)13-16-6-8-17(9-7-16)22(35)32-41(3,38)39/h6-9H,4-5,10-13H2,1-3H3,(H,26,34)(H,32,35)(H,36,37)(H2,27,28,29,30,31). The summed E-state index contributed by atoms with van der Waals surface area (Å²) in [5.74, 6) is -0.405. The molecule has 2 amide bonds. The molecule has 0 atom stereocenters. The fraction of sp³-hybridized carbons (Fsp3) is 0.360. The van der Waals surface area contributed by atoms with Crippen LogP contribution in [-0.4, -0.2) is 72.1 Å². The first-order valence-electron chi connectivity index (χ1n) is 12.6. The van der Waals surface area contributed by atoms with E-state index in [1.165, 1.54) is 6.92 Å². The Kier molecular flexibility index (Phi) is 9.02. The molecule has 0 unspecified atom stereocenters. The van der Waals surface area contributed by atoms with E-state index in [0.717, 1.165) is 41.6 Å². The molecule has 1 aliphatic rings. The number of sulfonamides is 1. The number of nitrogens with zero attached hydrogens (tertiary/aromatic N) is 4. The molecule has 3 heterocycles. The number of aromatic carboxylic acids is 1. The van der Waals surface area contributed by atoms with Gasteiger partial charge in [-0.1, -0.05) is 23.5 Å². The smallest absolute Gasteiger partial charge is 0.347 e. The summed E-state index contributed by atoms with van der Waals surface area (Å²) in [6.07, 6.45) is 2.48. The molecule has 0 bridgehead atoms. The molecule has 4 rings (SSSR count). The Bertz CT molecular complexity index is 1570. The number of rotatable bonds is 11. The van der Waals surface area contributed by atoms with E-state index in [1.807, 2.05) is 4.72 Å². The Balaban J connectivity index is 1.61. The van der Waals surface area contributed by atoms with Gasteiger partial charge in [0.2, 0.25) is 21.9 Å². The van der Waals surface area contributed by atoms with Gasteiger partial charge in [-0.15, -0.1) is 0 Å². The number of aryl methyl sites for hydroxylation is 1. The number of anilines is 4. The molecule has 2 aromatic heterocycles. The zero-order valence-corrected chi connectivity index (χ0v) is 24.3. The maximum Gasteiger partial charge on any atom is 0.347 e. The zero-order valence-electron chi connectivity index (χ0n) is 22.6. The van der Waals surface area contributed by atoms with Crippen molar-refractivity contribution >= 4 is 61.9 Å². The first-order valence-corrected chi connectivity index (χ1v) is 15.3. The van der Waals surface area contributed by atoms with Gasteiger partial charge in [-0.25, -0.2) is 22.9 Å². The minimum absolute atomic E-state index is 0.120. The van der Waals surface area contributed by atoms with E-state index in [0.29, 0.717) is 48.6 Å². The van der Waals surface area contributed by atoms with E-state index in [2.05, 4.69) is 30.8 Å². The second kappa shape index (κ2) is 12.5. The van der Waals surface area contributed by atoms with E-state index in [4.69, 9.17) is 4.98 Å². The van der Waals surface area contributed by atoms with Crippen LogP contribution in [0.1, 0.15) is 50.2 Å². The maximum absolute atomic E-state index is 12.2. The summed E-state index contributed by atoms with van der Waals surface area (Å²) in [5, 5.41) is 18.8. The van der Waals surface area contributed by atoms with Gasteiger partial charge in [-0.3, -0.25) is 14.9 Å². The molecule has 3 aromatic rings. The molecule has 0 saturated heterocycles. The molecule has 5 N–H and O–H groups in total. The predicted molar refractivity (Wildman–Crippen MR) is 154 cm³/mol. The highest BCUT2D eigenvalue weighted by atomic mass is 32.2. The van der Waals surface area contributed by atoms with E-state index in [1.54, 1.807) is 31.2 Å². The Morgan fingerprint density at radius 1 is 1.10 bits per heavy atom. The van der Waals surface area contributed by atoms with Crippen molar-refractivity contribution in [1.82, 2.24) is 25.0 Å². The van der Waals surface area contributed by atoms with E-state index < -0.39 is 21.9 Å². The number of fused-ring (bicyclic) bond motifs is 1. The quantitative estimate of drug-likeness (QED) is 0.200. The second-order valence-corrected chi connectivity index (χ2v) is 12.1. The van der Waals surface area contributed by atoms with Crippen molar-refractivity contribution < 1.29 is 27.9 Å². The normalized spacial score (nSPS) is 12.8. The number of amides is 2. The summed E-state index contributed by atoms with van der Waals surface area (Å²) in [4.78, 5) is 50.8. The molecule has 0 fully saturated rings. The Morgan fingerprint density at radius 3 is 2.46 bits per heavy atom. The number of hydrogen-bond acceptors (Lipinski definition) is 12. The lowest BCUT2D eigenvalue weighted by Crippen LogP contribution is -2.32. The molecular weight excluding hydrogens is 572 g/mol. The summed E-state index contributed by atoms with van der Waals surface area (Å²) in [5.41, 5.74) is 2.38. The minimum Gasteiger partial charge on any atom is -0.477 e. The topological polar surface area (TPSA) is 196 Å². The van der Waals surface area contributed by atoms with E-state index >= 15 is 0 Å². The number of benzene rings is 1. The number of carboxylic acid groups (broad SMARTS) is 1. The van der Waals surface area contributed by atoms with Gasteiger partial charge in [0.1, 0.15) is 16.5 Å². The molecule has 1 aromatic carbocycles. The lowest BCUT2D eigenvalue weighted by Gasteiger charge is -2.31. The number of nitrogens with one attached hydrogen (secondary N) is 4. The third kappa shape index (κ3) is 7.88. The highest BCUT2D eigenvalue weighted by molar-refractivity contribution is 7.89. The Morgan fingerprint density at radius 2 is 1.83 bits per heavy atom. The van der Waals surface area contributed by atoms with Crippen LogP contribution in [0, 0.1) is 6.92 Å². The van der Waals surface area contributed by atoms with Crippen LogP contribution >= 0.6 is 11.3 Å². The first-order chi connectivity index (χ1) is 19.4. The molecule has 0 aliphatic carbocycles. The van der Waals surface area contributed by atoms with Crippen molar-refractivity contribution in [3.05, 3.63) is 51.5 Å². The lowest BCUT2D eigenvalue weighted by molar-refractivity contribution is -0.118. The van der Waals surface area contributed by atoms with Gasteiger partial charge in [-0.2, -0.15) is 9.97 Å². The Labute approximate surface area is 240 Å². The summed E-state index contributed by atoms with van der Waals surface area (Å²) in [6.45, 7) is 5.05. The molecule has 0 saturated carbocycles. The zero-order chi connectivity index (χ0) is 29.7. The largest absolute Gasteiger partial charge is 0.477 e. The fourth-order valence-electron chi connectivity index (χ4n) is 4.25. The molecule has 0 radical (unpaired) electrons. The number of carbonyl (C=O) groups excluding carboxylic acids is 2. The van der Waals surface area contributed by atoms with Gasteiger partial charge < -0.3 is 20.6 Å². The SMILES string of the molecule is CC(=O)NCCNc1nc(Nc2nc(C)c(C(=O)O)s2)nc2c1CCCN2Cc1ccc(C(=O)NS(C)(=O)=O)cc1. The van der Waals surface area contributed by atoms with Crippen LogP contribution in [0.25, 0.3) is 0 Å². The monoisotopic (exact) mass is 602 g/mol. The van der Waals surface area contributed by atoms with Crippen LogP contribution in [0.2, 0.25) is 0 Å². The summed E-state index contributed by atoms with van der Waals surface area (Å²) in [7, 11) is -3.67. The third-order valence-corrected chi connectivity index (χ3v) is 7.63. The van der Waals surface area contributed by atoms with E-state index in [9.17, 15) is 27.9 Å². The van der Waals surface area contributed by atoms with Crippen molar-refractivity contribution in [2.75, 3.05) is 41.4 Å². The van der Waals surface area contributed by atoms with Gasteiger partial charge >= 0.3 is 5.97 Å². The molecule has 16 heteroatoms. The van der Waals surface area contributed by atoms with Crippen molar-refractivity contribution in [3.8, 4) is 0 Å². The molecule has 218 valence electrons. The van der Waals surface area contributed by atoms with Crippen LogP contribution in [-0.2, 0) is 27.8 Å². The lowest BCUT2D eigenvalue weighted by atomic mass is 10.0. The van der Waals surface area contributed by atoms with Crippen LogP contribution < -0.4 is 25.6 Å². The summed E-state index contributed by atoms with van der Waals surface area (Å²) >= 11 is 0.987. The van der Waals surface area contributed by atoms with Crippen LogP contribution in [0.5, 0.6) is 0 Å². The van der Waals surface area contributed by atoms with Crippen LogP contribution in [0.3, 0.4) is 0 Å². The molecular formula is C25H30N8O6S2. The van der Waals surface area contributed by atoms with Crippen molar-refractivity contribution in [1.29, 1.82) is 0 Å². The number of thiazole rings is 1. The molecule has 1 aliphatic heterocycles. The average molecular weight is 603 g/mol. The highest BCUT2D eigenvalue weighted by Gasteiger charge is 2.25. The van der Waals surface area contributed by atoms with Gasteiger partial charge in [0.05, 0.1) is 11.9 Å². The van der Waals surface area contributed by atoms with Gasteiger partial charge in [-0.05, 0) is 37.5 Å². The van der Waals surface area contributed by atoms with Gasteiger partial charge in [0.15, 0.2) is 5.13 Å². The number of carboxylic acids is 1. The first kappa shape index (κ1) is 29.7. The second-order valence-electron chi connectivity index (χ2n) is 9.40. The highest BCUT2D eigenvalue weighted by Crippen LogP contribution is 2.34. The summed E-state index contributed by atoms with van der Waals surface area (Å²) < 4.78 is 24.7. The maximum atomic E-state index is 12.2. The third-order valence-electron chi connectivity index (χ3n) is 6.01. The van der Waals surface area contributed by atoms with Crippen molar-refractivity contribution in [2.24, 2.45) is 0 Å². The van der Waals surface area contributed by atoms with Crippen LogP contribution in [0.4, 0.5) is 22.7 Å². The van der Waals surface area contributed by atoms with Crippen LogP contribution in [0.15, 0.2) is 24.3 Å². The average Bonchev–Trinajstić information content (AvgIpc) is 3.26. The van der Waals surface area contributed by atoms with E-state index in [-0.39, 0.29) is 22.3 Å². The Hall–Kier alpha value is -4.31. The minimum atomic E-state index is -3.67. The van der Waals surface area contributed by atoms with Gasteiger partial charge in [0.25, 0.3) is 5.91 Å². The molecule has 14 nitrogen and oxygen atoms in total. The fourth-order valence-corrected chi connectivity index (χ4v) is 5.50. The number of carbonyl (C=O) groups is 3. The number of hydrogen-bond donors (Lipinski definition) is 5.